The van der Waals surface area contributed by atoms with Crippen LogP contribution >= 0.6 is 22.9 Å². The van der Waals surface area contributed by atoms with E-state index in [1.807, 2.05) is 36.4 Å². The van der Waals surface area contributed by atoms with Gasteiger partial charge >= 0.3 is 0 Å². The maximum atomic E-state index is 5.92. The van der Waals surface area contributed by atoms with Crippen LogP contribution in [0.4, 0.5) is 6.01 Å². The summed E-state index contributed by atoms with van der Waals surface area (Å²) in [4.78, 5) is 5.53. The predicted octanol–water partition coefficient (Wildman–Crippen LogP) is 4.72. The van der Waals surface area contributed by atoms with Crippen molar-refractivity contribution in [3.8, 4) is 0 Å². The number of nitrogens with one attached hydrogen (secondary N) is 1. The molecule has 1 atom stereocenters. The Kier molecular flexibility index (Phi) is 2.97. The van der Waals surface area contributed by atoms with Gasteiger partial charge in [-0.1, -0.05) is 23.7 Å². The SMILES string of the molecule is CC(Nc1nc2ccccc2o1)c1ccc(Cl)s1. The van der Waals surface area contributed by atoms with Gasteiger partial charge in [-0.3, -0.25) is 0 Å². The number of oxazole rings is 1. The van der Waals surface area contributed by atoms with E-state index in [1.54, 1.807) is 11.3 Å². The number of para-hydroxylation sites is 2. The van der Waals surface area contributed by atoms with E-state index in [0.717, 1.165) is 20.3 Å². The van der Waals surface area contributed by atoms with Crippen molar-refractivity contribution in [2.75, 3.05) is 5.32 Å². The van der Waals surface area contributed by atoms with Crippen LogP contribution in [0, 0.1) is 0 Å². The van der Waals surface area contributed by atoms with Gasteiger partial charge in [0.15, 0.2) is 5.58 Å². The highest BCUT2D eigenvalue weighted by Gasteiger charge is 2.11. The molecule has 0 fully saturated rings. The predicted molar refractivity (Wildman–Crippen MR) is 75.4 cm³/mol. The van der Waals surface area contributed by atoms with Gasteiger partial charge in [-0.15, -0.1) is 11.3 Å². The summed E-state index contributed by atoms with van der Waals surface area (Å²) < 4.78 is 6.40. The second kappa shape index (κ2) is 4.63. The zero-order valence-electron chi connectivity index (χ0n) is 9.68. The zero-order chi connectivity index (χ0) is 12.5. The molecule has 18 heavy (non-hydrogen) atoms. The summed E-state index contributed by atoms with van der Waals surface area (Å²) in [6.07, 6.45) is 0. The van der Waals surface area contributed by atoms with Crippen LogP contribution in [-0.2, 0) is 0 Å². The zero-order valence-corrected chi connectivity index (χ0v) is 11.3. The van der Waals surface area contributed by atoms with Crippen molar-refractivity contribution < 1.29 is 4.42 Å². The molecule has 3 aromatic rings. The van der Waals surface area contributed by atoms with E-state index in [1.165, 1.54) is 0 Å². The summed E-state index contributed by atoms with van der Waals surface area (Å²) in [6.45, 7) is 2.05. The minimum Gasteiger partial charge on any atom is -0.424 e. The standard InChI is InChI=1S/C13H11ClN2OS/c1-8(11-6-7-12(14)18-11)15-13-16-9-4-2-3-5-10(9)17-13/h2-8H,1H3,(H,15,16). The number of rotatable bonds is 3. The van der Waals surface area contributed by atoms with Crippen LogP contribution in [0.5, 0.6) is 0 Å². The van der Waals surface area contributed by atoms with E-state index in [2.05, 4.69) is 17.2 Å². The Hall–Kier alpha value is -1.52. The number of anilines is 1. The van der Waals surface area contributed by atoms with E-state index >= 15 is 0 Å². The third-order valence-corrected chi connectivity index (χ3v) is 4.07. The molecule has 1 aromatic carbocycles. The summed E-state index contributed by atoms with van der Waals surface area (Å²) in [5.41, 5.74) is 1.65. The van der Waals surface area contributed by atoms with Gasteiger partial charge in [0.25, 0.3) is 6.01 Å². The summed E-state index contributed by atoms with van der Waals surface area (Å²) >= 11 is 7.48. The molecule has 0 radical (unpaired) electrons. The maximum absolute atomic E-state index is 5.92. The molecule has 2 aromatic heterocycles. The van der Waals surface area contributed by atoms with E-state index in [4.69, 9.17) is 16.0 Å². The molecule has 0 bridgehead atoms. The minimum atomic E-state index is 0.121. The van der Waals surface area contributed by atoms with Gasteiger partial charge < -0.3 is 9.73 Å². The minimum absolute atomic E-state index is 0.121. The molecule has 0 saturated carbocycles. The first-order valence-corrected chi connectivity index (χ1v) is 6.79. The number of fused-ring (bicyclic) bond motifs is 1. The van der Waals surface area contributed by atoms with Crippen molar-refractivity contribution in [1.29, 1.82) is 0 Å². The Bertz CT molecular complexity index is 643. The fourth-order valence-corrected chi connectivity index (χ4v) is 2.81. The van der Waals surface area contributed by atoms with Crippen LogP contribution in [0.1, 0.15) is 17.8 Å². The van der Waals surface area contributed by atoms with Gasteiger partial charge in [0, 0.05) is 4.88 Å². The number of nitrogens with zero attached hydrogens (tertiary/aromatic N) is 1. The molecular formula is C13H11ClN2OS. The molecule has 3 rings (SSSR count). The molecule has 1 N–H and O–H groups in total. The lowest BCUT2D eigenvalue weighted by Crippen LogP contribution is -2.04. The highest BCUT2D eigenvalue weighted by Crippen LogP contribution is 2.29. The number of hydrogen-bond acceptors (Lipinski definition) is 4. The smallest absolute Gasteiger partial charge is 0.296 e. The maximum Gasteiger partial charge on any atom is 0.296 e. The number of thiophene rings is 1. The Morgan fingerprint density at radius 3 is 2.83 bits per heavy atom. The molecule has 2 heterocycles. The average molecular weight is 279 g/mol. The van der Waals surface area contributed by atoms with Crippen molar-refractivity contribution >= 4 is 40.1 Å². The molecule has 0 aliphatic heterocycles. The van der Waals surface area contributed by atoms with Crippen LogP contribution < -0.4 is 5.32 Å². The van der Waals surface area contributed by atoms with Crippen LogP contribution in [0.3, 0.4) is 0 Å². The second-order valence-corrected chi connectivity index (χ2v) is 5.74. The van der Waals surface area contributed by atoms with Crippen molar-refractivity contribution in [1.82, 2.24) is 4.98 Å². The lowest BCUT2D eigenvalue weighted by atomic mass is 10.3. The lowest BCUT2D eigenvalue weighted by molar-refractivity contribution is 0.605. The van der Waals surface area contributed by atoms with Gasteiger partial charge in [0.1, 0.15) is 5.52 Å². The topological polar surface area (TPSA) is 38.1 Å². The normalized spacial score (nSPS) is 12.8. The van der Waals surface area contributed by atoms with Gasteiger partial charge in [-0.2, -0.15) is 4.98 Å². The van der Waals surface area contributed by atoms with Gasteiger partial charge in [0.05, 0.1) is 10.4 Å². The Morgan fingerprint density at radius 1 is 1.28 bits per heavy atom. The molecule has 0 aliphatic rings. The first-order chi connectivity index (χ1) is 8.72. The first-order valence-electron chi connectivity index (χ1n) is 5.60. The van der Waals surface area contributed by atoms with E-state index in [-0.39, 0.29) is 6.04 Å². The first kappa shape index (κ1) is 11.6. The third kappa shape index (κ3) is 2.21. The largest absolute Gasteiger partial charge is 0.424 e. The quantitative estimate of drug-likeness (QED) is 0.753. The van der Waals surface area contributed by atoms with E-state index in [0.29, 0.717) is 6.01 Å². The van der Waals surface area contributed by atoms with Crippen molar-refractivity contribution in [3.63, 3.8) is 0 Å². The highest BCUT2D eigenvalue weighted by atomic mass is 35.5. The Labute approximate surface area is 113 Å². The van der Waals surface area contributed by atoms with Crippen LogP contribution in [0.2, 0.25) is 4.34 Å². The number of benzene rings is 1. The molecule has 5 heteroatoms. The number of hydrogen-bond donors (Lipinski definition) is 1. The van der Waals surface area contributed by atoms with Gasteiger partial charge in [-0.25, -0.2) is 0 Å². The second-order valence-electron chi connectivity index (χ2n) is 3.99. The van der Waals surface area contributed by atoms with Gasteiger partial charge in [0.2, 0.25) is 0 Å². The Balaban J connectivity index is 1.83. The average Bonchev–Trinajstić information content (AvgIpc) is 2.94. The number of halogens is 1. The van der Waals surface area contributed by atoms with Crippen molar-refractivity contribution in [3.05, 3.63) is 45.6 Å². The Morgan fingerprint density at radius 2 is 2.11 bits per heavy atom. The molecule has 3 nitrogen and oxygen atoms in total. The van der Waals surface area contributed by atoms with Gasteiger partial charge in [-0.05, 0) is 31.2 Å². The monoisotopic (exact) mass is 278 g/mol. The molecule has 0 saturated heterocycles. The van der Waals surface area contributed by atoms with E-state index < -0.39 is 0 Å². The number of aromatic nitrogens is 1. The van der Waals surface area contributed by atoms with Crippen LogP contribution in [0.25, 0.3) is 11.1 Å². The van der Waals surface area contributed by atoms with Crippen LogP contribution in [0.15, 0.2) is 40.8 Å². The lowest BCUT2D eigenvalue weighted by Gasteiger charge is -2.08. The summed E-state index contributed by atoms with van der Waals surface area (Å²) in [5, 5.41) is 3.23. The molecule has 0 amide bonds. The molecule has 1 unspecified atom stereocenters. The van der Waals surface area contributed by atoms with Crippen molar-refractivity contribution in [2.24, 2.45) is 0 Å². The van der Waals surface area contributed by atoms with Crippen molar-refractivity contribution in [2.45, 2.75) is 13.0 Å². The fraction of sp³-hybridized carbons (Fsp3) is 0.154. The highest BCUT2D eigenvalue weighted by molar-refractivity contribution is 7.16. The summed E-state index contributed by atoms with van der Waals surface area (Å²) in [7, 11) is 0. The van der Waals surface area contributed by atoms with E-state index in [9.17, 15) is 0 Å². The summed E-state index contributed by atoms with van der Waals surface area (Å²) in [5.74, 6) is 0. The molecule has 92 valence electrons. The summed E-state index contributed by atoms with van der Waals surface area (Å²) in [6, 6.07) is 12.3. The fourth-order valence-electron chi connectivity index (χ4n) is 1.75. The third-order valence-electron chi connectivity index (χ3n) is 2.65. The molecule has 0 aliphatic carbocycles. The molecule has 0 spiro atoms. The molecular weight excluding hydrogens is 268 g/mol. The van der Waals surface area contributed by atoms with Crippen LogP contribution in [-0.4, -0.2) is 4.98 Å².